The van der Waals surface area contributed by atoms with Crippen LogP contribution in [0, 0.1) is 11.3 Å². The van der Waals surface area contributed by atoms with E-state index in [9.17, 15) is 4.79 Å². The van der Waals surface area contributed by atoms with E-state index in [4.69, 9.17) is 10.00 Å². The molecule has 2 aromatic rings. The second kappa shape index (κ2) is 9.22. The number of benzene rings is 1. The molecule has 0 radical (unpaired) electrons. The van der Waals surface area contributed by atoms with Crippen molar-refractivity contribution in [3.05, 3.63) is 53.7 Å². The number of carbonyl (C=O) groups excluding carboxylic acids is 1. The van der Waals surface area contributed by atoms with Gasteiger partial charge in [-0.25, -0.2) is 4.98 Å². The number of hydrogen-bond acceptors (Lipinski definition) is 6. The Hall–Kier alpha value is -2.56. The molecule has 1 aliphatic rings. The van der Waals surface area contributed by atoms with Crippen LogP contribution in [0.3, 0.4) is 0 Å². The lowest BCUT2D eigenvalue weighted by Crippen LogP contribution is -2.36. The van der Waals surface area contributed by atoms with Gasteiger partial charge in [0.2, 0.25) is 5.91 Å². The van der Waals surface area contributed by atoms with Gasteiger partial charge < -0.3 is 15.0 Å². The number of amides is 1. The third-order valence-corrected chi connectivity index (χ3v) is 4.96. The van der Waals surface area contributed by atoms with Gasteiger partial charge >= 0.3 is 0 Å². The lowest BCUT2D eigenvalue weighted by atomic mass is 10.2. The van der Waals surface area contributed by atoms with Gasteiger partial charge in [0.1, 0.15) is 5.82 Å². The Bertz CT molecular complexity index is 766. The Kier molecular flexibility index (Phi) is 6.47. The molecule has 1 N–H and O–H groups in total. The van der Waals surface area contributed by atoms with Crippen LogP contribution in [0.15, 0.2) is 42.6 Å². The summed E-state index contributed by atoms with van der Waals surface area (Å²) in [6.45, 7) is 3.11. The first-order valence-electron chi connectivity index (χ1n) is 8.40. The Morgan fingerprint density at radius 2 is 2.00 bits per heavy atom. The van der Waals surface area contributed by atoms with Crippen LogP contribution in [0.4, 0.5) is 11.5 Å². The predicted octanol–water partition coefficient (Wildman–Crippen LogP) is 2.66. The average molecular weight is 368 g/mol. The first-order valence-corrected chi connectivity index (χ1v) is 9.55. The zero-order valence-corrected chi connectivity index (χ0v) is 15.2. The van der Waals surface area contributed by atoms with Crippen molar-refractivity contribution in [3.63, 3.8) is 0 Å². The van der Waals surface area contributed by atoms with Crippen molar-refractivity contribution >= 4 is 29.2 Å². The van der Waals surface area contributed by atoms with Crippen LogP contribution in [-0.2, 0) is 15.3 Å². The molecule has 1 saturated heterocycles. The minimum absolute atomic E-state index is 0.0513. The number of nitrogens with one attached hydrogen (secondary N) is 1. The number of nitrogens with zero attached hydrogens (tertiary/aromatic N) is 3. The molecule has 1 aromatic carbocycles. The third kappa shape index (κ3) is 5.22. The topological polar surface area (TPSA) is 78.2 Å². The molecule has 26 heavy (non-hydrogen) atoms. The van der Waals surface area contributed by atoms with E-state index >= 15 is 0 Å². The molecular weight excluding hydrogens is 348 g/mol. The number of morpholine rings is 1. The zero-order valence-electron chi connectivity index (χ0n) is 14.4. The maximum Gasteiger partial charge on any atom is 0.234 e. The summed E-state index contributed by atoms with van der Waals surface area (Å²) in [4.78, 5) is 18.7. The van der Waals surface area contributed by atoms with Gasteiger partial charge in [-0.05, 0) is 29.8 Å². The molecule has 0 aliphatic carbocycles. The van der Waals surface area contributed by atoms with Crippen LogP contribution in [0.25, 0.3) is 0 Å². The highest BCUT2D eigenvalue weighted by atomic mass is 32.2. The number of thioether (sulfide) groups is 1. The highest BCUT2D eigenvalue weighted by Gasteiger charge is 2.12. The third-order valence-electron chi connectivity index (χ3n) is 3.95. The van der Waals surface area contributed by atoms with Crippen LogP contribution in [0.5, 0.6) is 0 Å². The van der Waals surface area contributed by atoms with Crippen molar-refractivity contribution in [1.29, 1.82) is 5.26 Å². The number of hydrogen-bond donors (Lipinski definition) is 1. The molecule has 3 rings (SSSR count). The van der Waals surface area contributed by atoms with Crippen LogP contribution in [-0.4, -0.2) is 42.9 Å². The summed E-state index contributed by atoms with van der Waals surface area (Å²) in [6, 6.07) is 13.3. The smallest absolute Gasteiger partial charge is 0.234 e. The zero-order chi connectivity index (χ0) is 18.2. The van der Waals surface area contributed by atoms with Crippen molar-refractivity contribution in [2.75, 3.05) is 42.3 Å². The SMILES string of the molecule is N#Cc1ccc(CSCC(=O)Nc2ccc(N3CCOCC3)nc2)cc1. The van der Waals surface area contributed by atoms with Gasteiger partial charge in [-0.2, -0.15) is 5.26 Å². The molecule has 0 bridgehead atoms. The predicted molar refractivity (Wildman–Crippen MR) is 103 cm³/mol. The first kappa shape index (κ1) is 18.2. The molecule has 0 atom stereocenters. The molecular formula is C19H20N4O2S. The molecule has 1 fully saturated rings. The Balaban J connectivity index is 1.43. The number of aromatic nitrogens is 1. The molecule has 0 spiro atoms. The van der Waals surface area contributed by atoms with Gasteiger partial charge in [0.15, 0.2) is 0 Å². The molecule has 0 saturated carbocycles. The van der Waals surface area contributed by atoms with Crippen LogP contribution < -0.4 is 10.2 Å². The largest absolute Gasteiger partial charge is 0.378 e. The van der Waals surface area contributed by atoms with Crippen molar-refractivity contribution < 1.29 is 9.53 Å². The number of pyridine rings is 1. The van der Waals surface area contributed by atoms with E-state index in [-0.39, 0.29) is 5.91 Å². The summed E-state index contributed by atoms with van der Waals surface area (Å²) < 4.78 is 5.34. The fourth-order valence-electron chi connectivity index (χ4n) is 2.57. The fraction of sp³-hybridized carbons (Fsp3) is 0.316. The van der Waals surface area contributed by atoms with E-state index in [1.165, 1.54) is 11.8 Å². The summed E-state index contributed by atoms with van der Waals surface area (Å²) >= 11 is 1.54. The maximum atomic E-state index is 12.1. The molecule has 6 nitrogen and oxygen atoms in total. The van der Waals surface area contributed by atoms with Gasteiger partial charge in [0, 0.05) is 18.8 Å². The van der Waals surface area contributed by atoms with E-state index in [2.05, 4.69) is 21.3 Å². The summed E-state index contributed by atoms with van der Waals surface area (Å²) in [7, 11) is 0. The second-order valence-corrected chi connectivity index (χ2v) is 6.84. The quantitative estimate of drug-likeness (QED) is 0.845. The molecule has 1 aromatic heterocycles. The monoisotopic (exact) mass is 368 g/mol. The minimum atomic E-state index is -0.0513. The Labute approximate surface area is 157 Å². The number of nitriles is 1. The van der Waals surface area contributed by atoms with Crippen molar-refractivity contribution in [2.24, 2.45) is 0 Å². The van der Waals surface area contributed by atoms with E-state index in [1.807, 2.05) is 24.3 Å². The summed E-state index contributed by atoms with van der Waals surface area (Å²) in [6.07, 6.45) is 1.69. The van der Waals surface area contributed by atoms with Crippen molar-refractivity contribution in [1.82, 2.24) is 4.98 Å². The number of ether oxygens (including phenoxy) is 1. The van der Waals surface area contributed by atoms with Gasteiger partial charge in [0.25, 0.3) is 0 Å². The standard InChI is InChI=1S/C19H20N4O2S/c20-11-15-1-3-16(4-2-15)13-26-14-19(24)22-17-5-6-18(21-12-17)23-7-9-25-10-8-23/h1-6,12H,7-10,13-14H2,(H,22,24). The molecule has 2 heterocycles. The lowest BCUT2D eigenvalue weighted by molar-refractivity contribution is -0.113. The highest BCUT2D eigenvalue weighted by molar-refractivity contribution is 7.99. The summed E-state index contributed by atoms with van der Waals surface area (Å²) in [5, 5.41) is 11.7. The van der Waals surface area contributed by atoms with E-state index < -0.39 is 0 Å². The van der Waals surface area contributed by atoms with Gasteiger partial charge in [-0.3, -0.25) is 4.79 Å². The normalized spacial score (nSPS) is 13.9. The highest BCUT2D eigenvalue weighted by Crippen LogP contribution is 2.17. The molecule has 134 valence electrons. The van der Waals surface area contributed by atoms with Gasteiger partial charge in [-0.1, -0.05) is 12.1 Å². The summed E-state index contributed by atoms with van der Waals surface area (Å²) in [5.74, 6) is 1.95. The van der Waals surface area contributed by atoms with E-state index in [0.717, 1.165) is 43.4 Å². The molecule has 1 amide bonds. The van der Waals surface area contributed by atoms with E-state index in [1.54, 1.807) is 18.3 Å². The van der Waals surface area contributed by atoms with Crippen LogP contribution in [0.1, 0.15) is 11.1 Å². The average Bonchev–Trinajstić information content (AvgIpc) is 2.70. The minimum Gasteiger partial charge on any atom is -0.378 e. The van der Waals surface area contributed by atoms with Crippen molar-refractivity contribution in [2.45, 2.75) is 5.75 Å². The van der Waals surface area contributed by atoms with Crippen LogP contribution >= 0.6 is 11.8 Å². The molecule has 1 aliphatic heterocycles. The fourth-order valence-corrected chi connectivity index (χ4v) is 3.36. The van der Waals surface area contributed by atoms with E-state index in [0.29, 0.717) is 17.0 Å². The molecule has 7 heteroatoms. The second-order valence-electron chi connectivity index (χ2n) is 5.85. The van der Waals surface area contributed by atoms with Gasteiger partial charge in [0.05, 0.1) is 42.5 Å². The Morgan fingerprint density at radius 1 is 1.23 bits per heavy atom. The maximum absolute atomic E-state index is 12.1. The van der Waals surface area contributed by atoms with Gasteiger partial charge in [-0.15, -0.1) is 11.8 Å². The number of rotatable bonds is 6. The van der Waals surface area contributed by atoms with Crippen LogP contribution in [0.2, 0.25) is 0 Å². The summed E-state index contributed by atoms with van der Waals surface area (Å²) in [5.41, 5.74) is 2.44. The van der Waals surface area contributed by atoms with Crippen molar-refractivity contribution in [3.8, 4) is 6.07 Å². The number of carbonyl (C=O) groups is 1. The lowest BCUT2D eigenvalue weighted by Gasteiger charge is -2.27. The first-order chi connectivity index (χ1) is 12.7. The number of anilines is 2. The Morgan fingerprint density at radius 3 is 2.65 bits per heavy atom. The molecule has 0 unspecified atom stereocenters.